The van der Waals surface area contributed by atoms with E-state index in [1.165, 1.54) is 11.8 Å². The molecule has 0 radical (unpaired) electrons. The molecule has 9 heteroatoms. The summed E-state index contributed by atoms with van der Waals surface area (Å²) in [4.78, 5) is 10.7. The maximum absolute atomic E-state index is 10.7. The second-order valence-corrected chi connectivity index (χ2v) is 5.79. The zero-order valence-electron chi connectivity index (χ0n) is 12.0. The van der Waals surface area contributed by atoms with Crippen molar-refractivity contribution in [1.82, 2.24) is 29.8 Å². The molecule has 0 fully saturated rings. The number of nitrogens with zero attached hydrogens (tertiary/aromatic N) is 6. The van der Waals surface area contributed by atoms with Gasteiger partial charge in [0.05, 0.1) is 11.9 Å². The summed E-state index contributed by atoms with van der Waals surface area (Å²) in [5.74, 6) is 0.243. The van der Waals surface area contributed by atoms with Crippen LogP contribution in [0.3, 0.4) is 0 Å². The molecule has 2 heterocycles. The summed E-state index contributed by atoms with van der Waals surface area (Å²) >= 11 is 1.20. The number of hydrogen-bond acceptors (Lipinski definition) is 6. The maximum Gasteiger partial charge on any atom is 0.313 e. The van der Waals surface area contributed by atoms with Gasteiger partial charge in [0.25, 0.3) is 0 Å². The molecule has 0 aliphatic rings. The van der Waals surface area contributed by atoms with Crippen LogP contribution < -0.4 is 0 Å². The van der Waals surface area contributed by atoms with E-state index in [2.05, 4.69) is 20.5 Å². The molecule has 0 amide bonds. The Morgan fingerprint density at radius 3 is 2.81 bits per heavy atom. The SMILES string of the molecule is CC(C)c1nnc(SCC(=O)O)n1CCCn1ccnn1. The zero-order chi connectivity index (χ0) is 15.2. The van der Waals surface area contributed by atoms with Gasteiger partial charge in [-0.05, 0) is 6.42 Å². The molecule has 2 rings (SSSR count). The lowest BCUT2D eigenvalue weighted by Gasteiger charge is -2.11. The van der Waals surface area contributed by atoms with Gasteiger partial charge in [-0.25, -0.2) is 0 Å². The fourth-order valence-electron chi connectivity index (χ4n) is 1.91. The van der Waals surface area contributed by atoms with Gasteiger partial charge >= 0.3 is 5.97 Å². The highest BCUT2D eigenvalue weighted by Crippen LogP contribution is 2.21. The Kier molecular flexibility index (Phi) is 5.32. The second-order valence-electron chi connectivity index (χ2n) is 4.85. The van der Waals surface area contributed by atoms with Crippen LogP contribution in [0.2, 0.25) is 0 Å². The van der Waals surface area contributed by atoms with Gasteiger partial charge < -0.3 is 9.67 Å². The number of aryl methyl sites for hydroxylation is 1. The average Bonchev–Trinajstić information content (AvgIpc) is 3.05. The summed E-state index contributed by atoms with van der Waals surface area (Å²) in [7, 11) is 0. The molecule has 0 unspecified atom stereocenters. The lowest BCUT2D eigenvalue weighted by Crippen LogP contribution is -2.10. The molecule has 0 atom stereocenters. The van der Waals surface area contributed by atoms with Crippen LogP contribution in [0, 0.1) is 0 Å². The largest absolute Gasteiger partial charge is 0.481 e. The number of rotatable bonds is 8. The number of thioether (sulfide) groups is 1. The van der Waals surface area contributed by atoms with Gasteiger partial charge in [0.15, 0.2) is 5.16 Å². The van der Waals surface area contributed by atoms with Crippen LogP contribution in [0.1, 0.15) is 32.0 Å². The Morgan fingerprint density at radius 2 is 2.19 bits per heavy atom. The van der Waals surface area contributed by atoms with E-state index < -0.39 is 5.97 Å². The molecule has 0 aliphatic heterocycles. The highest BCUT2D eigenvalue weighted by atomic mass is 32.2. The summed E-state index contributed by atoms with van der Waals surface area (Å²) in [6.45, 7) is 5.56. The van der Waals surface area contributed by atoms with Crippen molar-refractivity contribution in [1.29, 1.82) is 0 Å². The lowest BCUT2D eigenvalue weighted by atomic mass is 10.2. The quantitative estimate of drug-likeness (QED) is 0.733. The van der Waals surface area contributed by atoms with E-state index in [-0.39, 0.29) is 11.7 Å². The Bertz CT molecular complexity index is 581. The molecule has 8 nitrogen and oxygen atoms in total. The molecule has 21 heavy (non-hydrogen) atoms. The topological polar surface area (TPSA) is 98.7 Å². The Labute approximate surface area is 126 Å². The van der Waals surface area contributed by atoms with Gasteiger partial charge in [-0.3, -0.25) is 9.48 Å². The first kappa shape index (κ1) is 15.5. The Morgan fingerprint density at radius 1 is 1.38 bits per heavy atom. The predicted molar refractivity (Wildman–Crippen MR) is 77.1 cm³/mol. The fraction of sp³-hybridized carbons (Fsp3) is 0.583. The molecule has 0 spiro atoms. The van der Waals surface area contributed by atoms with E-state index >= 15 is 0 Å². The van der Waals surface area contributed by atoms with E-state index in [1.807, 2.05) is 24.6 Å². The minimum atomic E-state index is -0.858. The summed E-state index contributed by atoms with van der Waals surface area (Å²) < 4.78 is 3.76. The minimum Gasteiger partial charge on any atom is -0.481 e. The first-order valence-electron chi connectivity index (χ1n) is 6.69. The van der Waals surface area contributed by atoms with Crippen LogP contribution in [0.5, 0.6) is 0 Å². The fourth-order valence-corrected chi connectivity index (χ4v) is 2.60. The molecule has 1 N–H and O–H groups in total. The van der Waals surface area contributed by atoms with Crippen LogP contribution in [-0.2, 0) is 17.9 Å². The monoisotopic (exact) mass is 310 g/mol. The van der Waals surface area contributed by atoms with E-state index in [1.54, 1.807) is 10.9 Å². The highest BCUT2D eigenvalue weighted by Gasteiger charge is 2.16. The smallest absolute Gasteiger partial charge is 0.313 e. The second kappa shape index (κ2) is 7.21. The van der Waals surface area contributed by atoms with Crippen LogP contribution in [0.25, 0.3) is 0 Å². The number of hydrogen-bond donors (Lipinski definition) is 1. The van der Waals surface area contributed by atoms with Crippen molar-refractivity contribution in [3.8, 4) is 0 Å². The summed E-state index contributed by atoms with van der Waals surface area (Å²) in [5.41, 5.74) is 0. The number of carbonyl (C=O) groups is 1. The van der Waals surface area contributed by atoms with E-state index in [4.69, 9.17) is 5.11 Å². The lowest BCUT2D eigenvalue weighted by molar-refractivity contribution is -0.133. The molecule has 0 bridgehead atoms. The maximum atomic E-state index is 10.7. The number of carboxylic acid groups (broad SMARTS) is 1. The number of carboxylic acids is 1. The highest BCUT2D eigenvalue weighted by molar-refractivity contribution is 7.99. The molecular weight excluding hydrogens is 292 g/mol. The molecule has 0 aromatic carbocycles. The van der Waals surface area contributed by atoms with Crippen molar-refractivity contribution in [2.24, 2.45) is 0 Å². The van der Waals surface area contributed by atoms with Gasteiger partial charge in [-0.15, -0.1) is 15.3 Å². The van der Waals surface area contributed by atoms with Gasteiger partial charge in [0.1, 0.15) is 5.82 Å². The van der Waals surface area contributed by atoms with Gasteiger partial charge in [0, 0.05) is 25.2 Å². The van der Waals surface area contributed by atoms with Crippen LogP contribution >= 0.6 is 11.8 Å². The van der Waals surface area contributed by atoms with Gasteiger partial charge in [-0.1, -0.05) is 30.8 Å². The van der Waals surface area contributed by atoms with Crippen molar-refractivity contribution < 1.29 is 9.90 Å². The number of aromatic nitrogens is 6. The van der Waals surface area contributed by atoms with Crippen molar-refractivity contribution in [3.05, 3.63) is 18.2 Å². The van der Waals surface area contributed by atoms with Crippen molar-refractivity contribution in [3.63, 3.8) is 0 Å². The van der Waals surface area contributed by atoms with Crippen molar-refractivity contribution in [2.45, 2.75) is 44.4 Å². The Hall–Kier alpha value is -1.90. The number of aliphatic carboxylic acids is 1. The van der Waals surface area contributed by atoms with E-state index in [9.17, 15) is 4.79 Å². The summed E-state index contributed by atoms with van der Waals surface area (Å²) in [5, 5.41) is 25.4. The molecule has 0 saturated heterocycles. The van der Waals surface area contributed by atoms with E-state index in [0.29, 0.717) is 5.16 Å². The predicted octanol–water partition coefficient (Wildman–Crippen LogP) is 1.26. The third-order valence-electron chi connectivity index (χ3n) is 2.83. The van der Waals surface area contributed by atoms with E-state index in [0.717, 1.165) is 25.3 Å². The minimum absolute atomic E-state index is 0.0146. The molecule has 2 aromatic heterocycles. The molecule has 0 saturated carbocycles. The third kappa shape index (κ3) is 4.28. The third-order valence-corrected chi connectivity index (χ3v) is 3.78. The normalized spacial score (nSPS) is 11.2. The molecular formula is C12H18N6O2S. The van der Waals surface area contributed by atoms with Gasteiger partial charge in [0.2, 0.25) is 0 Å². The van der Waals surface area contributed by atoms with Crippen LogP contribution in [0.4, 0.5) is 0 Å². The summed E-state index contributed by atoms with van der Waals surface area (Å²) in [6.07, 6.45) is 4.31. The first-order chi connectivity index (χ1) is 10.1. The average molecular weight is 310 g/mol. The standard InChI is InChI=1S/C12H18N6O2S/c1-9(2)11-14-15-12(21-8-10(19)20)18(11)6-3-5-17-7-4-13-16-17/h4,7,9H,3,5-6,8H2,1-2H3,(H,19,20). The molecule has 0 aliphatic carbocycles. The van der Waals surface area contributed by atoms with Crippen LogP contribution in [-0.4, -0.2) is 46.6 Å². The van der Waals surface area contributed by atoms with Crippen molar-refractivity contribution >= 4 is 17.7 Å². The Balaban J connectivity index is 2.03. The first-order valence-corrected chi connectivity index (χ1v) is 7.68. The molecule has 114 valence electrons. The zero-order valence-corrected chi connectivity index (χ0v) is 12.8. The van der Waals surface area contributed by atoms with Crippen molar-refractivity contribution in [2.75, 3.05) is 5.75 Å². The summed E-state index contributed by atoms with van der Waals surface area (Å²) in [6, 6.07) is 0. The molecule has 2 aromatic rings. The van der Waals surface area contributed by atoms with Crippen LogP contribution in [0.15, 0.2) is 17.6 Å². The van der Waals surface area contributed by atoms with Gasteiger partial charge in [-0.2, -0.15) is 0 Å².